The van der Waals surface area contributed by atoms with Crippen LogP contribution in [0.1, 0.15) is 28.2 Å². The number of amides is 1. The first-order chi connectivity index (χ1) is 15.9. The van der Waals surface area contributed by atoms with E-state index in [2.05, 4.69) is 4.98 Å². The van der Waals surface area contributed by atoms with E-state index in [9.17, 15) is 19.1 Å². The fourth-order valence-corrected chi connectivity index (χ4v) is 4.63. The molecule has 0 unspecified atom stereocenters. The van der Waals surface area contributed by atoms with Crippen LogP contribution in [-0.4, -0.2) is 44.5 Å². The molecule has 2 aromatic carbocycles. The van der Waals surface area contributed by atoms with E-state index < -0.39 is 5.97 Å². The largest absolute Gasteiger partial charge is 0.480 e. The summed E-state index contributed by atoms with van der Waals surface area (Å²) in [6, 6.07) is 15.7. The number of hydrogen-bond acceptors (Lipinski definition) is 3. The SMILES string of the molecule is Cc1c(C2=CCN(C(=O)c3ccc4ccccc4n3)CC2)c2cc(F)ccc2n1CC(=O)O. The number of pyridine rings is 1. The van der Waals surface area contributed by atoms with E-state index >= 15 is 0 Å². The predicted octanol–water partition coefficient (Wildman–Crippen LogP) is 4.65. The molecule has 0 saturated carbocycles. The zero-order valence-electron chi connectivity index (χ0n) is 18.1. The Labute approximate surface area is 189 Å². The minimum Gasteiger partial charge on any atom is -0.480 e. The lowest BCUT2D eigenvalue weighted by atomic mass is 9.96. The van der Waals surface area contributed by atoms with Crippen molar-refractivity contribution in [2.45, 2.75) is 19.9 Å². The summed E-state index contributed by atoms with van der Waals surface area (Å²) in [6.45, 7) is 2.57. The Morgan fingerprint density at radius 3 is 2.70 bits per heavy atom. The van der Waals surface area contributed by atoms with E-state index in [1.54, 1.807) is 21.6 Å². The van der Waals surface area contributed by atoms with Crippen LogP contribution in [0, 0.1) is 12.7 Å². The van der Waals surface area contributed by atoms with Gasteiger partial charge in [0.2, 0.25) is 0 Å². The minimum atomic E-state index is -0.955. The number of hydrogen-bond donors (Lipinski definition) is 1. The molecule has 1 aliphatic rings. The summed E-state index contributed by atoms with van der Waals surface area (Å²) in [5, 5.41) is 11.0. The average Bonchev–Trinajstić information content (AvgIpc) is 3.08. The van der Waals surface area contributed by atoms with E-state index in [0.717, 1.165) is 27.7 Å². The molecule has 1 aliphatic heterocycles. The Bertz CT molecular complexity index is 1450. The van der Waals surface area contributed by atoms with E-state index in [-0.39, 0.29) is 18.3 Å². The predicted molar refractivity (Wildman–Crippen MR) is 125 cm³/mol. The second-order valence-electron chi connectivity index (χ2n) is 8.22. The number of aliphatic carboxylic acids is 1. The highest BCUT2D eigenvalue weighted by Crippen LogP contribution is 2.35. The molecule has 0 atom stereocenters. The van der Waals surface area contributed by atoms with Crippen LogP contribution in [0.25, 0.3) is 27.4 Å². The van der Waals surface area contributed by atoms with Crippen LogP contribution in [0.3, 0.4) is 0 Å². The van der Waals surface area contributed by atoms with E-state index in [1.165, 1.54) is 12.1 Å². The second kappa shape index (κ2) is 8.16. The molecule has 1 N–H and O–H groups in total. The number of carboxylic acids is 1. The number of carbonyl (C=O) groups excluding carboxylic acids is 1. The molecule has 33 heavy (non-hydrogen) atoms. The van der Waals surface area contributed by atoms with Crippen LogP contribution in [0.2, 0.25) is 0 Å². The third-order valence-corrected chi connectivity index (χ3v) is 6.21. The normalized spacial score (nSPS) is 14.0. The van der Waals surface area contributed by atoms with Crippen LogP contribution in [-0.2, 0) is 11.3 Å². The summed E-state index contributed by atoms with van der Waals surface area (Å²) in [4.78, 5) is 30.7. The van der Waals surface area contributed by atoms with Crippen LogP contribution in [0.5, 0.6) is 0 Å². The molecule has 1 amide bonds. The Hall–Kier alpha value is -4.00. The van der Waals surface area contributed by atoms with Gasteiger partial charge in [-0.2, -0.15) is 0 Å². The molecule has 0 fully saturated rings. The van der Waals surface area contributed by atoms with Crippen molar-refractivity contribution < 1.29 is 19.1 Å². The van der Waals surface area contributed by atoms with Crippen molar-refractivity contribution >= 4 is 39.3 Å². The van der Waals surface area contributed by atoms with Gasteiger partial charge >= 0.3 is 5.97 Å². The van der Waals surface area contributed by atoms with Crippen molar-refractivity contribution in [3.8, 4) is 0 Å². The fraction of sp³-hybridized carbons (Fsp3) is 0.192. The number of rotatable bonds is 4. The summed E-state index contributed by atoms with van der Waals surface area (Å²) < 4.78 is 15.7. The number of carboxylic acid groups (broad SMARTS) is 1. The summed E-state index contributed by atoms with van der Waals surface area (Å²) in [7, 11) is 0. The zero-order chi connectivity index (χ0) is 23.1. The van der Waals surface area contributed by atoms with Gasteiger partial charge in [0.05, 0.1) is 5.52 Å². The first-order valence-corrected chi connectivity index (χ1v) is 10.8. The molecule has 0 radical (unpaired) electrons. The molecular weight excluding hydrogens is 421 g/mol. The van der Waals surface area contributed by atoms with Gasteiger partial charge < -0.3 is 14.6 Å². The molecule has 0 saturated heterocycles. The third-order valence-electron chi connectivity index (χ3n) is 6.21. The van der Waals surface area contributed by atoms with Crippen molar-refractivity contribution in [3.63, 3.8) is 0 Å². The molecule has 2 aromatic heterocycles. The van der Waals surface area contributed by atoms with Crippen molar-refractivity contribution in [1.82, 2.24) is 14.5 Å². The van der Waals surface area contributed by atoms with Gasteiger partial charge in [0.1, 0.15) is 18.1 Å². The van der Waals surface area contributed by atoms with Gasteiger partial charge in [-0.1, -0.05) is 30.3 Å². The first kappa shape index (κ1) is 20.9. The lowest BCUT2D eigenvalue weighted by Gasteiger charge is -2.26. The average molecular weight is 443 g/mol. The first-order valence-electron chi connectivity index (χ1n) is 10.8. The lowest BCUT2D eigenvalue weighted by molar-refractivity contribution is -0.137. The maximum Gasteiger partial charge on any atom is 0.323 e. The number of para-hydroxylation sites is 1. The summed E-state index contributed by atoms with van der Waals surface area (Å²) in [5.41, 5.74) is 4.48. The van der Waals surface area contributed by atoms with Crippen LogP contribution in [0.15, 0.2) is 60.7 Å². The quantitative estimate of drug-likeness (QED) is 0.498. The molecule has 0 spiro atoms. The molecule has 7 heteroatoms. The van der Waals surface area contributed by atoms with Gasteiger partial charge in [-0.3, -0.25) is 9.59 Å². The number of carbonyl (C=O) groups is 2. The van der Waals surface area contributed by atoms with Gasteiger partial charge in [-0.25, -0.2) is 9.37 Å². The molecule has 4 aromatic rings. The highest BCUT2D eigenvalue weighted by atomic mass is 19.1. The van der Waals surface area contributed by atoms with Crippen molar-refractivity contribution in [2.75, 3.05) is 13.1 Å². The van der Waals surface area contributed by atoms with Gasteiger partial charge in [-0.05, 0) is 49.2 Å². The van der Waals surface area contributed by atoms with Crippen LogP contribution < -0.4 is 0 Å². The Morgan fingerprint density at radius 2 is 1.94 bits per heavy atom. The number of nitrogens with zero attached hydrogens (tertiary/aromatic N) is 3. The summed E-state index contributed by atoms with van der Waals surface area (Å²) in [6.07, 6.45) is 2.56. The maximum atomic E-state index is 14.0. The number of aromatic nitrogens is 2. The smallest absolute Gasteiger partial charge is 0.323 e. The standard InChI is InChI=1S/C26H22FN3O3/c1-16-25(20-14-19(27)7-9-23(20)30(16)15-24(31)32)18-10-12-29(13-11-18)26(33)22-8-6-17-4-2-3-5-21(17)28-22/h2-10,14H,11-13,15H2,1H3,(H,31,32). The van der Waals surface area contributed by atoms with E-state index in [0.29, 0.717) is 36.1 Å². The fourth-order valence-electron chi connectivity index (χ4n) is 4.63. The van der Waals surface area contributed by atoms with Crippen molar-refractivity contribution in [1.29, 1.82) is 0 Å². The summed E-state index contributed by atoms with van der Waals surface area (Å²) in [5.74, 6) is -1.46. The molecule has 5 rings (SSSR count). The highest BCUT2D eigenvalue weighted by molar-refractivity contribution is 5.98. The van der Waals surface area contributed by atoms with Crippen LogP contribution >= 0.6 is 0 Å². The maximum absolute atomic E-state index is 14.0. The van der Waals surface area contributed by atoms with E-state index in [1.807, 2.05) is 43.3 Å². The molecular formula is C26H22FN3O3. The minimum absolute atomic E-state index is 0.132. The third kappa shape index (κ3) is 3.75. The number of benzene rings is 2. The van der Waals surface area contributed by atoms with Gasteiger partial charge in [0.15, 0.2) is 0 Å². The monoisotopic (exact) mass is 443 g/mol. The van der Waals surface area contributed by atoms with E-state index in [4.69, 9.17) is 0 Å². The highest BCUT2D eigenvalue weighted by Gasteiger charge is 2.24. The molecule has 6 nitrogen and oxygen atoms in total. The second-order valence-corrected chi connectivity index (χ2v) is 8.22. The van der Waals surface area contributed by atoms with Crippen molar-refractivity contribution in [3.05, 3.63) is 83.4 Å². The molecule has 3 heterocycles. The molecule has 0 aliphatic carbocycles. The Morgan fingerprint density at radius 1 is 1.12 bits per heavy atom. The summed E-state index contributed by atoms with van der Waals surface area (Å²) >= 11 is 0. The van der Waals surface area contributed by atoms with Gasteiger partial charge in [0, 0.05) is 40.6 Å². The number of fused-ring (bicyclic) bond motifs is 2. The molecule has 0 bridgehead atoms. The number of halogens is 1. The van der Waals surface area contributed by atoms with Crippen molar-refractivity contribution in [2.24, 2.45) is 0 Å². The van der Waals surface area contributed by atoms with Gasteiger partial charge in [0.25, 0.3) is 5.91 Å². The molecule has 166 valence electrons. The zero-order valence-corrected chi connectivity index (χ0v) is 18.1. The van der Waals surface area contributed by atoms with Crippen LogP contribution in [0.4, 0.5) is 4.39 Å². The van der Waals surface area contributed by atoms with Gasteiger partial charge in [-0.15, -0.1) is 0 Å². The lowest BCUT2D eigenvalue weighted by Crippen LogP contribution is -2.35. The Balaban J connectivity index is 1.46. The Kier molecular flexibility index (Phi) is 5.17. The topological polar surface area (TPSA) is 75.4 Å².